The summed E-state index contributed by atoms with van der Waals surface area (Å²) in [5.41, 5.74) is 2.99. The van der Waals surface area contributed by atoms with Gasteiger partial charge < -0.3 is 19.2 Å². The van der Waals surface area contributed by atoms with Gasteiger partial charge in [0.2, 0.25) is 0 Å². The lowest BCUT2D eigenvalue weighted by molar-refractivity contribution is 0.0933. The van der Waals surface area contributed by atoms with E-state index in [9.17, 15) is 9.59 Å². The van der Waals surface area contributed by atoms with Crippen LogP contribution < -0.4 is 15.6 Å². The fourth-order valence-corrected chi connectivity index (χ4v) is 3.84. The van der Waals surface area contributed by atoms with Gasteiger partial charge in [-0.2, -0.15) is 0 Å². The number of amides is 1. The number of aryl methyl sites for hydroxylation is 2. The molecule has 2 aromatic carbocycles. The molecule has 30 heavy (non-hydrogen) atoms. The maximum absolute atomic E-state index is 12.8. The largest absolute Gasteiger partial charge is 0.497 e. The number of carbonyl (C=O) groups excluding carboxylic acids is 1. The molecule has 0 aliphatic rings. The van der Waals surface area contributed by atoms with Crippen LogP contribution in [-0.2, 0) is 20.5 Å². The summed E-state index contributed by atoms with van der Waals surface area (Å²) >= 11 is 0. The third kappa shape index (κ3) is 3.43. The van der Waals surface area contributed by atoms with Crippen molar-refractivity contribution < 1.29 is 9.53 Å². The molecule has 0 aliphatic carbocycles. The first kappa shape index (κ1) is 19.7. The monoisotopic (exact) mass is 404 g/mol. The summed E-state index contributed by atoms with van der Waals surface area (Å²) in [6.45, 7) is 1.92. The summed E-state index contributed by atoms with van der Waals surface area (Å²) < 4.78 is 8.86. The Balaban J connectivity index is 1.59. The van der Waals surface area contributed by atoms with Gasteiger partial charge in [0.05, 0.1) is 18.1 Å². The fourth-order valence-electron chi connectivity index (χ4n) is 3.84. The predicted molar refractivity (Wildman–Crippen MR) is 117 cm³/mol. The maximum Gasteiger partial charge on any atom is 0.282 e. The maximum atomic E-state index is 12.8. The van der Waals surface area contributed by atoms with Crippen molar-refractivity contribution in [1.29, 1.82) is 0 Å². The molecule has 0 bridgehead atoms. The predicted octanol–water partition coefficient (Wildman–Crippen LogP) is 2.79. The summed E-state index contributed by atoms with van der Waals surface area (Å²) in [7, 11) is 5.28. The van der Waals surface area contributed by atoms with Crippen molar-refractivity contribution in [2.24, 2.45) is 14.1 Å². The Morgan fingerprint density at radius 1 is 1.17 bits per heavy atom. The number of nitrogens with one attached hydrogen (secondary N) is 1. The molecular formula is C23H24N4O3. The second kappa shape index (κ2) is 7.67. The van der Waals surface area contributed by atoms with Crippen molar-refractivity contribution in [1.82, 2.24) is 19.4 Å². The van der Waals surface area contributed by atoms with Crippen molar-refractivity contribution >= 4 is 27.8 Å². The number of methoxy groups -OCH3 is 1. The van der Waals surface area contributed by atoms with Crippen LogP contribution in [-0.4, -0.2) is 33.2 Å². The third-order valence-electron chi connectivity index (χ3n) is 5.38. The molecule has 0 aliphatic heterocycles. The number of hydrogen-bond donors (Lipinski definition) is 1. The molecule has 1 amide bonds. The number of para-hydroxylation sites is 2. The van der Waals surface area contributed by atoms with E-state index < -0.39 is 11.5 Å². The zero-order valence-corrected chi connectivity index (χ0v) is 17.5. The van der Waals surface area contributed by atoms with Gasteiger partial charge in [0.15, 0.2) is 5.69 Å². The highest BCUT2D eigenvalue weighted by Crippen LogP contribution is 2.26. The van der Waals surface area contributed by atoms with Crippen molar-refractivity contribution in [2.75, 3.05) is 7.11 Å². The normalized spacial score (nSPS) is 12.3. The van der Waals surface area contributed by atoms with E-state index in [0.717, 1.165) is 22.2 Å². The quantitative estimate of drug-likeness (QED) is 0.555. The molecule has 1 atom stereocenters. The molecule has 7 nitrogen and oxygen atoms in total. The van der Waals surface area contributed by atoms with E-state index >= 15 is 0 Å². The van der Waals surface area contributed by atoms with Gasteiger partial charge in [-0.3, -0.25) is 9.59 Å². The lowest BCUT2D eigenvalue weighted by atomic mass is 10.1. The first-order chi connectivity index (χ1) is 14.4. The Morgan fingerprint density at radius 2 is 1.93 bits per heavy atom. The van der Waals surface area contributed by atoms with Gasteiger partial charge in [0.1, 0.15) is 5.75 Å². The molecule has 1 unspecified atom stereocenters. The summed E-state index contributed by atoms with van der Waals surface area (Å²) in [5, 5.41) is 4.01. The molecule has 0 radical (unpaired) electrons. The fraction of sp³-hybridized carbons (Fsp3) is 0.261. The first-order valence-corrected chi connectivity index (χ1v) is 9.77. The third-order valence-corrected chi connectivity index (χ3v) is 5.38. The molecule has 4 aromatic rings. The summed E-state index contributed by atoms with van der Waals surface area (Å²) in [6, 6.07) is 13.0. The van der Waals surface area contributed by atoms with Crippen LogP contribution in [0.25, 0.3) is 21.9 Å². The zero-order chi connectivity index (χ0) is 21.4. The van der Waals surface area contributed by atoms with Crippen molar-refractivity contribution in [3.05, 3.63) is 70.3 Å². The average molecular weight is 404 g/mol. The Morgan fingerprint density at radius 3 is 2.70 bits per heavy atom. The highest BCUT2D eigenvalue weighted by Gasteiger charge is 2.19. The zero-order valence-electron chi connectivity index (χ0n) is 17.5. The van der Waals surface area contributed by atoms with Crippen LogP contribution in [0, 0.1) is 0 Å². The highest BCUT2D eigenvalue weighted by atomic mass is 16.5. The average Bonchev–Trinajstić information content (AvgIpc) is 3.05. The van der Waals surface area contributed by atoms with Crippen LogP contribution in [0.15, 0.2) is 53.5 Å². The SMILES string of the molecule is COc1ccc2c(c1)c(CC(C)NC(=O)c1nc3ccccc3n(C)c1=O)cn2C. The second-order valence-electron chi connectivity index (χ2n) is 7.54. The number of carbonyl (C=O) groups is 1. The smallest absolute Gasteiger partial charge is 0.282 e. The van der Waals surface area contributed by atoms with Crippen LogP contribution in [0.5, 0.6) is 5.75 Å². The van der Waals surface area contributed by atoms with Crippen LogP contribution in [0.3, 0.4) is 0 Å². The number of benzene rings is 2. The first-order valence-electron chi connectivity index (χ1n) is 9.77. The number of ether oxygens (including phenoxy) is 1. The van der Waals surface area contributed by atoms with Crippen LogP contribution in [0.4, 0.5) is 0 Å². The topological polar surface area (TPSA) is 78.2 Å². The molecule has 0 saturated heterocycles. The van der Waals surface area contributed by atoms with Gasteiger partial charge in [0, 0.05) is 37.2 Å². The highest BCUT2D eigenvalue weighted by molar-refractivity contribution is 5.94. The Hall–Kier alpha value is -3.61. The molecule has 154 valence electrons. The lowest BCUT2D eigenvalue weighted by Gasteiger charge is -2.14. The van der Waals surface area contributed by atoms with E-state index in [0.29, 0.717) is 17.5 Å². The molecule has 0 spiro atoms. The number of fused-ring (bicyclic) bond motifs is 2. The minimum atomic E-state index is -0.466. The van der Waals surface area contributed by atoms with Crippen molar-refractivity contribution in [3.8, 4) is 5.75 Å². The Kier molecular flexibility index (Phi) is 5.03. The van der Waals surface area contributed by atoms with E-state index in [4.69, 9.17) is 4.74 Å². The lowest BCUT2D eigenvalue weighted by Crippen LogP contribution is -2.39. The molecule has 2 aromatic heterocycles. The second-order valence-corrected chi connectivity index (χ2v) is 7.54. The number of hydrogen-bond acceptors (Lipinski definition) is 4. The Bertz CT molecular complexity index is 1320. The standard InChI is InChI=1S/C23H24N4O3/c1-14(11-15-13-26(2)19-10-9-16(30-4)12-17(15)19)24-22(28)21-23(29)27(3)20-8-6-5-7-18(20)25-21/h5-10,12-14H,11H2,1-4H3,(H,24,28). The van der Waals surface area contributed by atoms with Crippen LogP contribution >= 0.6 is 0 Å². The minimum Gasteiger partial charge on any atom is -0.497 e. The molecule has 2 heterocycles. The summed E-state index contributed by atoms with van der Waals surface area (Å²) in [4.78, 5) is 29.8. The van der Waals surface area contributed by atoms with E-state index in [-0.39, 0.29) is 11.7 Å². The van der Waals surface area contributed by atoms with Crippen LogP contribution in [0.1, 0.15) is 23.0 Å². The van der Waals surface area contributed by atoms with E-state index in [2.05, 4.69) is 21.1 Å². The minimum absolute atomic E-state index is 0.0948. The number of aromatic nitrogens is 3. The molecule has 0 fully saturated rings. The summed E-state index contributed by atoms with van der Waals surface area (Å²) in [5.74, 6) is 0.321. The van der Waals surface area contributed by atoms with Crippen molar-refractivity contribution in [2.45, 2.75) is 19.4 Å². The van der Waals surface area contributed by atoms with Gasteiger partial charge in [-0.05, 0) is 49.2 Å². The molecule has 4 rings (SSSR count). The van der Waals surface area contributed by atoms with E-state index in [1.54, 1.807) is 20.2 Å². The number of rotatable bonds is 5. The van der Waals surface area contributed by atoms with Gasteiger partial charge in [-0.25, -0.2) is 4.98 Å². The molecular weight excluding hydrogens is 380 g/mol. The van der Waals surface area contributed by atoms with Gasteiger partial charge in [-0.15, -0.1) is 0 Å². The van der Waals surface area contributed by atoms with Gasteiger partial charge in [0.25, 0.3) is 11.5 Å². The van der Waals surface area contributed by atoms with Gasteiger partial charge >= 0.3 is 0 Å². The van der Waals surface area contributed by atoms with Gasteiger partial charge in [-0.1, -0.05) is 12.1 Å². The van der Waals surface area contributed by atoms with E-state index in [1.807, 2.05) is 50.4 Å². The van der Waals surface area contributed by atoms with E-state index in [1.165, 1.54) is 4.57 Å². The molecule has 7 heteroatoms. The molecule has 0 saturated carbocycles. The Labute approximate surface area is 173 Å². The number of nitrogens with zero attached hydrogens (tertiary/aromatic N) is 3. The summed E-state index contributed by atoms with van der Waals surface area (Å²) in [6.07, 6.45) is 2.67. The van der Waals surface area contributed by atoms with Crippen LogP contribution in [0.2, 0.25) is 0 Å². The molecule has 1 N–H and O–H groups in total. The van der Waals surface area contributed by atoms with Crippen molar-refractivity contribution in [3.63, 3.8) is 0 Å².